The van der Waals surface area contributed by atoms with Crippen molar-refractivity contribution in [3.05, 3.63) is 28.2 Å². The van der Waals surface area contributed by atoms with Gasteiger partial charge in [-0.15, -0.1) is 0 Å². The molecule has 1 aromatic rings. The molecule has 16 heavy (non-hydrogen) atoms. The van der Waals surface area contributed by atoms with Gasteiger partial charge in [-0.05, 0) is 40.5 Å². The first-order chi connectivity index (χ1) is 7.45. The standard InChI is InChI=1S/C10H10BrF4N/c11-8-3-2-7(10(13,14)15)6-9(8)16-5-1-4-12/h2-3,6,16H,1,4-5H2. The molecule has 0 fully saturated rings. The lowest BCUT2D eigenvalue weighted by Crippen LogP contribution is -2.08. The van der Waals surface area contributed by atoms with E-state index in [-0.39, 0.29) is 6.42 Å². The second-order valence-electron chi connectivity index (χ2n) is 3.16. The Morgan fingerprint density at radius 3 is 2.50 bits per heavy atom. The van der Waals surface area contributed by atoms with Gasteiger partial charge in [-0.25, -0.2) is 0 Å². The van der Waals surface area contributed by atoms with Crippen LogP contribution >= 0.6 is 15.9 Å². The topological polar surface area (TPSA) is 12.0 Å². The van der Waals surface area contributed by atoms with Gasteiger partial charge in [0, 0.05) is 16.7 Å². The van der Waals surface area contributed by atoms with Crippen molar-refractivity contribution in [2.45, 2.75) is 12.6 Å². The number of nitrogens with one attached hydrogen (secondary N) is 1. The van der Waals surface area contributed by atoms with E-state index in [0.29, 0.717) is 16.7 Å². The second kappa shape index (κ2) is 5.52. The van der Waals surface area contributed by atoms with E-state index in [0.717, 1.165) is 12.1 Å². The first-order valence-corrected chi connectivity index (χ1v) is 5.41. The van der Waals surface area contributed by atoms with Gasteiger partial charge in [-0.3, -0.25) is 4.39 Å². The summed E-state index contributed by atoms with van der Waals surface area (Å²) in [6.45, 7) is -0.194. The van der Waals surface area contributed by atoms with Crippen molar-refractivity contribution in [1.29, 1.82) is 0 Å². The third kappa shape index (κ3) is 3.66. The molecule has 1 rings (SSSR count). The van der Waals surface area contributed by atoms with Gasteiger partial charge in [0.05, 0.1) is 12.2 Å². The fraction of sp³-hybridized carbons (Fsp3) is 0.400. The monoisotopic (exact) mass is 299 g/mol. The molecule has 0 unspecified atom stereocenters. The van der Waals surface area contributed by atoms with E-state index in [2.05, 4.69) is 21.2 Å². The van der Waals surface area contributed by atoms with E-state index in [1.165, 1.54) is 6.07 Å². The van der Waals surface area contributed by atoms with Crippen LogP contribution in [0.3, 0.4) is 0 Å². The average Bonchev–Trinajstić information content (AvgIpc) is 2.19. The summed E-state index contributed by atoms with van der Waals surface area (Å²) in [7, 11) is 0. The zero-order chi connectivity index (χ0) is 12.2. The molecule has 0 radical (unpaired) electrons. The SMILES string of the molecule is FCCCNc1cc(C(F)(F)F)ccc1Br. The molecule has 1 aromatic carbocycles. The molecule has 1 nitrogen and oxygen atoms in total. The lowest BCUT2D eigenvalue weighted by molar-refractivity contribution is -0.137. The van der Waals surface area contributed by atoms with Crippen LogP contribution in [-0.2, 0) is 6.18 Å². The van der Waals surface area contributed by atoms with Gasteiger partial charge in [0.15, 0.2) is 0 Å². The van der Waals surface area contributed by atoms with Crippen molar-refractivity contribution in [2.24, 2.45) is 0 Å². The molecule has 0 aliphatic carbocycles. The molecule has 0 bridgehead atoms. The molecule has 0 heterocycles. The van der Waals surface area contributed by atoms with E-state index in [1.54, 1.807) is 0 Å². The zero-order valence-electron chi connectivity index (χ0n) is 8.24. The van der Waals surface area contributed by atoms with Crippen molar-refractivity contribution >= 4 is 21.6 Å². The van der Waals surface area contributed by atoms with Crippen LogP contribution in [0.1, 0.15) is 12.0 Å². The maximum atomic E-state index is 12.4. The Labute approximate surface area is 99.0 Å². The number of rotatable bonds is 4. The predicted octanol–water partition coefficient (Wildman–Crippen LogP) is 4.24. The molecule has 0 aromatic heterocycles. The highest BCUT2D eigenvalue weighted by Crippen LogP contribution is 2.33. The van der Waals surface area contributed by atoms with Crippen LogP contribution in [-0.4, -0.2) is 13.2 Å². The van der Waals surface area contributed by atoms with Crippen LogP contribution in [0.15, 0.2) is 22.7 Å². The second-order valence-corrected chi connectivity index (χ2v) is 4.02. The van der Waals surface area contributed by atoms with Gasteiger partial charge in [0.1, 0.15) is 0 Å². The average molecular weight is 300 g/mol. The summed E-state index contributed by atoms with van der Waals surface area (Å²) >= 11 is 3.13. The van der Waals surface area contributed by atoms with Crippen molar-refractivity contribution in [2.75, 3.05) is 18.5 Å². The first-order valence-electron chi connectivity index (χ1n) is 4.61. The Morgan fingerprint density at radius 2 is 1.94 bits per heavy atom. The van der Waals surface area contributed by atoms with E-state index in [9.17, 15) is 17.6 Å². The van der Waals surface area contributed by atoms with Crippen LogP contribution in [0, 0.1) is 0 Å². The van der Waals surface area contributed by atoms with Crippen LogP contribution in [0.2, 0.25) is 0 Å². The Balaban J connectivity index is 2.83. The molecule has 0 amide bonds. The Hall–Kier alpha value is -0.780. The van der Waals surface area contributed by atoms with E-state index in [1.807, 2.05) is 0 Å². The van der Waals surface area contributed by atoms with Crippen molar-refractivity contribution < 1.29 is 17.6 Å². The summed E-state index contributed by atoms with van der Waals surface area (Å²) in [5, 5.41) is 2.74. The Bertz CT molecular complexity index is 351. The molecule has 0 saturated carbocycles. The lowest BCUT2D eigenvalue weighted by Gasteiger charge is -2.12. The fourth-order valence-corrected chi connectivity index (χ4v) is 1.51. The third-order valence-electron chi connectivity index (χ3n) is 1.92. The molecule has 0 atom stereocenters. The highest BCUT2D eigenvalue weighted by atomic mass is 79.9. The summed E-state index contributed by atoms with van der Waals surface area (Å²) in [6.07, 6.45) is -4.10. The number of anilines is 1. The highest BCUT2D eigenvalue weighted by molar-refractivity contribution is 9.10. The molecule has 6 heteroatoms. The molecular weight excluding hydrogens is 290 g/mol. The lowest BCUT2D eigenvalue weighted by atomic mass is 10.2. The van der Waals surface area contributed by atoms with Gasteiger partial charge in [-0.2, -0.15) is 13.2 Å². The molecule has 0 spiro atoms. The summed E-state index contributed by atoms with van der Waals surface area (Å²) in [6, 6.07) is 3.31. The van der Waals surface area contributed by atoms with Crippen molar-refractivity contribution in [3.8, 4) is 0 Å². The quantitative estimate of drug-likeness (QED) is 0.648. The molecule has 0 saturated heterocycles. The smallest absolute Gasteiger partial charge is 0.384 e. The minimum absolute atomic E-state index is 0.267. The third-order valence-corrected chi connectivity index (χ3v) is 2.61. The fourth-order valence-electron chi connectivity index (χ4n) is 1.13. The predicted molar refractivity (Wildman–Crippen MR) is 58.2 cm³/mol. The van der Waals surface area contributed by atoms with E-state index in [4.69, 9.17) is 0 Å². The molecular formula is C10H10BrF4N. The number of hydrogen-bond donors (Lipinski definition) is 1. The summed E-state index contributed by atoms with van der Waals surface area (Å²) < 4.78 is 49.5. The Kier molecular flexibility index (Phi) is 4.58. The molecule has 0 aliphatic heterocycles. The molecule has 1 N–H and O–H groups in total. The summed E-state index contributed by atoms with van der Waals surface area (Å²) in [5.74, 6) is 0. The van der Waals surface area contributed by atoms with Crippen molar-refractivity contribution in [3.63, 3.8) is 0 Å². The number of hydrogen-bond acceptors (Lipinski definition) is 1. The Morgan fingerprint density at radius 1 is 1.25 bits per heavy atom. The van der Waals surface area contributed by atoms with E-state index < -0.39 is 18.4 Å². The minimum atomic E-state index is -4.36. The minimum Gasteiger partial charge on any atom is -0.384 e. The van der Waals surface area contributed by atoms with Gasteiger partial charge < -0.3 is 5.32 Å². The summed E-state index contributed by atoms with van der Waals surface area (Å²) in [4.78, 5) is 0. The maximum Gasteiger partial charge on any atom is 0.416 e. The van der Waals surface area contributed by atoms with Gasteiger partial charge in [-0.1, -0.05) is 0 Å². The van der Waals surface area contributed by atoms with Gasteiger partial charge >= 0.3 is 6.18 Å². The largest absolute Gasteiger partial charge is 0.416 e. The molecule has 90 valence electrons. The normalized spacial score (nSPS) is 11.6. The number of benzene rings is 1. The van der Waals surface area contributed by atoms with Crippen LogP contribution in [0.25, 0.3) is 0 Å². The molecule has 0 aliphatic rings. The van der Waals surface area contributed by atoms with Gasteiger partial charge in [0.25, 0.3) is 0 Å². The number of halogens is 5. The first kappa shape index (κ1) is 13.3. The zero-order valence-corrected chi connectivity index (χ0v) is 9.83. The highest BCUT2D eigenvalue weighted by Gasteiger charge is 2.30. The van der Waals surface area contributed by atoms with Gasteiger partial charge in [0.2, 0.25) is 0 Å². The van der Waals surface area contributed by atoms with E-state index >= 15 is 0 Å². The van der Waals surface area contributed by atoms with Crippen LogP contribution < -0.4 is 5.32 Å². The van der Waals surface area contributed by atoms with Crippen LogP contribution in [0.4, 0.5) is 23.2 Å². The summed E-state index contributed by atoms with van der Waals surface area (Å²) in [5.41, 5.74) is -0.401. The maximum absolute atomic E-state index is 12.4. The van der Waals surface area contributed by atoms with Crippen LogP contribution in [0.5, 0.6) is 0 Å². The number of alkyl halides is 4. The van der Waals surface area contributed by atoms with Crippen molar-refractivity contribution in [1.82, 2.24) is 0 Å².